The number of benzene rings is 2. The molecule has 0 atom stereocenters. The van der Waals surface area contributed by atoms with Crippen LogP contribution in [-0.2, 0) is 4.79 Å². The third-order valence-corrected chi connectivity index (χ3v) is 5.70. The molecule has 6 heteroatoms. The van der Waals surface area contributed by atoms with Crippen molar-refractivity contribution in [2.24, 2.45) is 0 Å². The predicted molar refractivity (Wildman–Crippen MR) is 108 cm³/mol. The zero-order chi connectivity index (χ0) is 17.8. The van der Waals surface area contributed by atoms with Gasteiger partial charge >= 0.3 is 0 Å². The summed E-state index contributed by atoms with van der Waals surface area (Å²) in [5, 5.41) is 4.21. The summed E-state index contributed by atoms with van der Waals surface area (Å²) in [5.41, 5.74) is 3.20. The highest BCUT2D eigenvalue weighted by Gasteiger charge is 2.12. The molecule has 0 radical (unpaired) electrons. The van der Waals surface area contributed by atoms with Gasteiger partial charge < -0.3 is 5.32 Å². The van der Waals surface area contributed by atoms with E-state index in [2.05, 4.69) is 41.5 Å². The molecule has 0 aliphatic heterocycles. The Kier molecular flexibility index (Phi) is 5.78. The van der Waals surface area contributed by atoms with Crippen molar-refractivity contribution in [3.8, 4) is 11.3 Å². The van der Waals surface area contributed by atoms with Gasteiger partial charge in [-0.15, -0.1) is 23.1 Å². The minimum atomic E-state index is -0.0656. The molecule has 0 aliphatic carbocycles. The van der Waals surface area contributed by atoms with E-state index in [1.165, 1.54) is 28.7 Å². The lowest BCUT2D eigenvalue weighted by Crippen LogP contribution is -2.13. The number of nitrogens with zero attached hydrogens (tertiary/aromatic N) is 1. The standard InChI is InChI=1S/C19H17ClN2OS2/c1-12-3-5-14(6-4-12)18-13(2)25-19(22-18)21-17(23)11-24-16-9-7-15(20)8-10-16/h3-10H,11H2,1-2H3,(H,21,22,23). The molecule has 0 unspecified atom stereocenters. The largest absolute Gasteiger partial charge is 0.301 e. The molecule has 0 saturated carbocycles. The van der Waals surface area contributed by atoms with E-state index in [1.807, 2.05) is 31.2 Å². The summed E-state index contributed by atoms with van der Waals surface area (Å²) >= 11 is 8.83. The van der Waals surface area contributed by atoms with Gasteiger partial charge in [-0.05, 0) is 38.1 Å². The van der Waals surface area contributed by atoms with E-state index in [4.69, 9.17) is 11.6 Å². The SMILES string of the molecule is Cc1ccc(-c2nc(NC(=O)CSc3ccc(Cl)cc3)sc2C)cc1. The van der Waals surface area contributed by atoms with Crippen molar-refractivity contribution in [1.82, 2.24) is 4.98 Å². The van der Waals surface area contributed by atoms with Crippen molar-refractivity contribution in [3.05, 3.63) is 64.0 Å². The van der Waals surface area contributed by atoms with Gasteiger partial charge in [-0.2, -0.15) is 0 Å². The van der Waals surface area contributed by atoms with Crippen molar-refractivity contribution in [1.29, 1.82) is 0 Å². The summed E-state index contributed by atoms with van der Waals surface area (Å²) < 4.78 is 0. The number of nitrogens with one attached hydrogen (secondary N) is 1. The highest BCUT2D eigenvalue weighted by atomic mass is 35.5. The Morgan fingerprint density at radius 2 is 1.80 bits per heavy atom. The van der Waals surface area contributed by atoms with Gasteiger partial charge in [-0.3, -0.25) is 4.79 Å². The second kappa shape index (κ2) is 8.04. The number of thiazole rings is 1. The van der Waals surface area contributed by atoms with Gasteiger partial charge in [-0.1, -0.05) is 41.4 Å². The lowest BCUT2D eigenvalue weighted by Gasteiger charge is -2.02. The fourth-order valence-electron chi connectivity index (χ4n) is 2.26. The molecule has 1 amide bonds. The minimum Gasteiger partial charge on any atom is -0.301 e. The topological polar surface area (TPSA) is 42.0 Å². The van der Waals surface area contributed by atoms with Gasteiger partial charge in [0.05, 0.1) is 11.4 Å². The second-order valence-electron chi connectivity index (χ2n) is 5.58. The lowest BCUT2D eigenvalue weighted by atomic mass is 10.1. The van der Waals surface area contributed by atoms with E-state index in [0.29, 0.717) is 15.9 Å². The summed E-state index contributed by atoms with van der Waals surface area (Å²) in [5.74, 6) is 0.268. The number of amides is 1. The summed E-state index contributed by atoms with van der Waals surface area (Å²) in [6, 6.07) is 15.7. The van der Waals surface area contributed by atoms with Crippen LogP contribution in [0, 0.1) is 13.8 Å². The average Bonchev–Trinajstić information content (AvgIpc) is 2.95. The Bertz CT molecular complexity index is 873. The van der Waals surface area contributed by atoms with E-state index >= 15 is 0 Å². The van der Waals surface area contributed by atoms with Crippen LogP contribution in [0.2, 0.25) is 5.02 Å². The Morgan fingerprint density at radius 3 is 2.48 bits per heavy atom. The smallest absolute Gasteiger partial charge is 0.236 e. The zero-order valence-corrected chi connectivity index (χ0v) is 16.3. The van der Waals surface area contributed by atoms with E-state index in [0.717, 1.165) is 21.0 Å². The predicted octanol–water partition coefficient (Wildman–Crippen LogP) is 5.81. The van der Waals surface area contributed by atoms with Crippen LogP contribution in [0.5, 0.6) is 0 Å². The molecule has 0 aliphatic rings. The first-order valence-electron chi connectivity index (χ1n) is 7.74. The number of aromatic nitrogens is 1. The monoisotopic (exact) mass is 388 g/mol. The number of anilines is 1. The van der Waals surface area contributed by atoms with Gasteiger partial charge in [0.1, 0.15) is 0 Å². The highest BCUT2D eigenvalue weighted by Crippen LogP contribution is 2.30. The van der Waals surface area contributed by atoms with Gasteiger partial charge in [0.2, 0.25) is 5.91 Å². The van der Waals surface area contributed by atoms with Crippen LogP contribution in [0.3, 0.4) is 0 Å². The maximum absolute atomic E-state index is 12.2. The average molecular weight is 389 g/mol. The molecular formula is C19H17ClN2OS2. The van der Waals surface area contributed by atoms with Crippen LogP contribution in [-0.4, -0.2) is 16.6 Å². The maximum Gasteiger partial charge on any atom is 0.236 e. The number of aryl methyl sites for hydroxylation is 2. The van der Waals surface area contributed by atoms with Crippen molar-refractivity contribution < 1.29 is 4.79 Å². The lowest BCUT2D eigenvalue weighted by molar-refractivity contribution is -0.113. The van der Waals surface area contributed by atoms with Crippen molar-refractivity contribution in [3.63, 3.8) is 0 Å². The number of hydrogen-bond acceptors (Lipinski definition) is 4. The van der Waals surface area contributed by atoms with Crippen LogP contribution >= 0.6 is 34.7 Å². The third kappa shape index (κ3) is 4.84. The number of hydrogen-bond donors (Lipinski definition) is 1. The molecule has 1 heterocycles. The summed E-state index contributed by atoms with van der Waals surface area (Å²) in [7, 11) is 0. The highest BCUT2D eigenvalue weighted by molar-refractivity contribution is 8.00. The number of carbonyl (C=O) groups excluding carboxylic acids is 1. The Balaban J connectivity index is 1.62. The van der Waals surface area contributed by atoms with Crippen LogP contribution in [0.1, 0.15) is 10.4 Å². The Labute approximate surface area is 160 Å². The van der Waals surface area contributed by atoms with Gasteiger partial charge in [-0.25, -0.2) is 4.98 Å². The van der Waals surface area contributed by atoms with Crippen LogP contribution < -0.4 is 5.32 Å². The van der Waals surface area contributed by atoms with E-state index < -0.39 is 0 Å². The summed E-state index contributed by atoms with van der Waals surface area (Å²) in [6.45, 7) is 4.08. The zero-order valence-electron chi connectivity index (χ0n) is 13.9. The molecule has 0 fully saturated rings. The maximum atomic E-state index is 12.2. The first-order chi connectivity index (χ1) is 12.0. The molecule has 0 saturated heterocycles. The number of carbonyl (C=O) groups is 1. The van der Waals surface area contributed by atoms with Crippen molar-refractivity contribution in [2.45, 2.75) is 18.7 Å². The molecule has 1 N–H and O–H groups in total. The Morgan fingerprint density at radius 1 is 1.12 bits per heavy atom. The summed E-state index contributed by atoms with van der Waals surface area (Å²) in [6.07, 6.45) is 0. The van der Waals surface area contributed by atoms with Crippen molar-refractivity contribution in [2.75, 3.05) is 11.1 Å². The molecule has 1 aromatic heterocycles. The molecule has 3 rings (SSSR count). The van der Waals surface area contributed by atoms with Gasteiger partial charge in [0.15, 0.2) is 5.13 Å². The quantitative estimate of drug-likeness (QED) is 0.560. The third-order valence-electron chi connectivity index (χ3n) is 3.55. The fourth-order valence-corrected chi connectivity index (χ4v) is 3.94. The molecule has 128 valence electrons. The number of rotatable bonds is 5. The van der Waals surface area contributed by atoms with Crippen LogP contribution in [0.4, 0.5) is 5.13 Å². The van der Waals surface area contributed by atoms with Gasteiger partial charge in [0, 0.05) is 20.4 Å². The van der Waals surface area contributed by atoms with Crippen molar-refractivity contribution >= 4 is 45.7 Å². The Hall–Kier alpha value is -1.82. The molecule has 2 aromatic carbocycles. The van der Waals surface area contributed by atoms with E-state index in [9.17, 15) is 4.79 Å². The molecule has 0 spiro atoms. The van der Waals surface area contributed by atoms with E-state index in [1.54, 1.807) is 0 Å². The van der Waals surface area contributed by atoms with Gasteiger partial charge in [0.25, 0.3) is 0 Å². The molecule has 3 aromatic rings. The molecule has 0 bridgehead atoms. The molecule has 25 heavy (non-hydrogen) atoms. The first kappa shape index (κ1) is 18.0. The summed E-state index contributed by atoms with van der Waals surface area (Å²) in [4.78, 5) is 18.8. The van der Waals surface area contributed by atoms with Crippen LogP contribution in [0.25, 0.3) is 11.3 Å². The fraction of sp³-hybridized carbons (Fsp3) is 0.158. The van der Waals surface area contributed by atoms with Crippen LogP contribution in [0.15, 0.2) is 53.4 Å². The van der Waals surface area contributed by atoms with E-state index in [-0.39, 0.29) is 5.91 Å². The second-order valence-corrected chi connectivity index (χ2v) is 8.27. The molecule has 3 nitrogen and oxygen atoms in total. The first-order valence-corrected chi connectivity index (χ1v) is 9.92. The normalized spacial score (nSPS) is 10.7. The molecular weight excluding hydrogens is 372 g/mol. The number of thioether (sulfide) groups is 1. The number of halogens is 1. The minimum absolute atomic E-state index is 0.0656.